The minimum Gasteiger partial charge on any atom is -0.489 e. The van der Waals surface area contributed by atoms with Gasteiger partial charge in [0, 0.05) is 34.1 Å². The molecule has 4 rings (SSSR count). The first-order valence-corrected chi connectivity index (χ1v) is 11.4. The van der Waals surface area contributed by atoms with Crippen molar-refractivity contribution in [1.29, 1.82) is 0 Å². The van der Waals surface area contributed by atoms with Gasteiger partial charge in [-0.15, -0.1) is 0 Å². The quantitative estimate of drug-likeness (QED) is 0.289. The van der Waals surface area contributed by atoms with E-state index in [-0.39, 0.29) is 26.4 Å². The number of benzene rings is 2. The van der Waals surface area contributed by atoms with E-state index in [4.69, 9.17) is 18.9 Å². The fourth-order valence-electron chi connectivity index (χ4n) is 5.39. The van der Waals surface area contributed by atoms with Crippen molar-refractivity contribution >= 4 is 22.7 Å². The number of hydrogen-bond donors (Lipinski definition) is 0. The summed E-state index contributed by atoms with van der Waals surface area (Å²) >= 11 is 0. The molecule has 0 aromatic heterocycles. The summed E-state index contributed by atoms with van der Waals surface area (Å²) < 4.78 is 22.8. The van der Waals surface area contributed by atoms with Crippen LogP contribution in [-0.2, 0) is 19.1 Å². The third-order valence-electron chi connectivity index (χ3n) is 6.80. The Morgan fingerprint density at radius 3 is 2.03 bits per heavy atom. The van der Waals surface area contributed by atoms with Crippen molar-refractivity contribution in [3.05, 3.63) is 60.2 Å². The Morgan fingerprint density at radius 1 is 0.909 bits per heavy atom. The highest BCUT2D eigenvalue weighted by molar-refractivity contribution is 5.99. The molecule has 6 nitrogen and oxygen atoms in total. The van der Waals surface area contributed by atoms with Gasteiger partial charge in [0.25, 0.3) is 0 Å². The van der Waals surface area contributed by atoms with E-state index < -0.39 is 11.9 Å². The van der Waals surface area contributed by atoms with Gasteiger partial charge in [-0.3, -0.25) is 0 Å². The highest BCUT2D eigenvalue weighted by Gasteiger charge is 2.48. The second-order valence-corrected chi connectivity index (χ2v) is 8.57. The molecule has 2 aromatic rings. The van der Waals surface area contributed by atoms with Crippen LogP contribution >= 0.6 is 0 Å². The van der Waals surface area contributed by atoms with Crippen LogP contribution in [0.1, 0.15) is 48.3 Å². The molecule has 2 aromatic carbocycles. The average Bonchev–Trinajstić information content (AvgIpc) is 3.32. The van der Waals surface area contributed by atoms with Crippen molar-refractivity contribution in [1.82, 2.24) is 0 Å². The first-order chi connectivity index (χ1) is 16.0. The zero-order chi connectivity index (χ0) is 23.5. The minimum absolute atomic E-state index is 0.156. The minimum atomic E-state index is -0.460. The molecule has 0 saturated heterocycles. The van der Waals surface area contributed by atoms with Gasteiger partial charge in [-0.25, -0.2) is 9.59 Å². The zero-order valence-corrected chi connectivity index (χ0v) is 19.2. The fourth-order valence-corrected chi connectivity index (χ4v) is 5.39. The molecule has 2 aliphatic rings. The molecule has 174 valence electrons. The molecule has 33 heavy (non-hydrogen) atoms. The number of esters is 2. The van der Waals surface area contributed by atoms with E-state index >= 15 is 0 Å². The van der Waals surface area contributed by atoms with Gasteiger partial charge in [0.1, 0.15) is 37.9 Å². The maximum absolute atomic E-state index is 11.4. The Bertz CT molecular complexity index is 1100. The van der Waals surface area contributed by atoms with E-state index in [1.807, 2.05) is 6.07 Å². The molecule has 1 fully saturated rings. The van der Waals surface area contributed by atoms with Gasteiger partial charge in [-0.2, -0.15) is 0 Å². The molecule has 1 saturated carbocycles. The van der Waals surface area contributed by atoms with Crippen molar-refractivity contribution in [3.8, 4) is 11.5 Å². The van der Waals surface area contributed by atoms with Crippen LogP contribution in [0.25, 0.3) is 10.8 Å². The average molecular weight is 451 g/mol. The predicted octanol–water partition coefficient (Wildman–Crippen LogP) is 4.97. The van der Waals surface area contributed by atoms with Crippen molar-refractivity contribution in [2.75, 3.05) is 26.4 Å². The highest BCUT2D eigenvalue weighted by atomic mass is 16.6. The number of rotatable bonds is 10. The van der Waals surface area contributed by atoms with Crippen LogP contribution in [0.2, 0.25) is 0 Å². The maximum atomic E-state index is 11.4. The highest BCUT2D eigenvalue weighted by Crippen LogP contribution is 2.64. The maximum Gasteiger partial charge on any atom is 0.330 e. The summed E-state index contributed by atoms with van der Waals surface area (Å²) in [6.07, 6.45) is 4.54. The Morgan fingerprint density at radius 2 is 1.45 bits per heavy atom. The molecular weight excluding hydrogens is 420 g/mol. The van der Waals surface area contributed by atoms with Crippen LogP contribution in [0.3, 0.4) is 0 Å². The molecular formula is C27H30O6. The lowest BCUT2D eigenvalue weighted by molar-refractivity contribution is -0.139. The summed E-state index contributed by atoms with van der Waals surface area (Å²) in [5.74, 6) is 2.12. The van der Waals surface area contributed by atoms with Crippen molar-refractivity contribution in [2.45, 2.75) is 38.5 Å². The topological polar surface area (TPSA) is 71.1 Å². The van der Waals surface area contributed by atoms with E-state index in [1.165, 1.54) is 11.1 Å². The standard InChI is InChI=1S/C27H30O6/c1-5-21(28)30-12-14-32-26-20-9-7-8-16(3)23(20)27(33-15-13-31-22(29)6-2)25-19-11-10-18(17(19)4)24(25)26/h5-9,17-19H,1-2,10-15H2,3-4H3. The van der Waals surface area contributed by atoms with E-state index in [1.54, 1.807) is 0 Å². The summed E-state index contributed by atoms with van der Waals surface area (Å²) in [7, 11) is 0. The summed E-state index contributed by atoms with van der Waals surface area (Å²) in [6.45, 7) is 12.0. The molecule has 3 atom stereocenters. The van der Waals surface area contributed by atoms with E-state index in [0.29, 0.717) is 17.8 Å². The normalized spacial score (nSPS) is 20.2. The molecule has 2 bridgehead atoms. The SMILES string of the molecule is C=CC(=O)OCCOc1c2c(c(OCCOC(=O)C=C)c3c(C)cccc13)C1CCC2C1C. The van der Waals surface area contributed by atoms with Crippen molar-refractivity contribution in [2.24, 2.45) is 5.92 Å². The lowest BCUT2D eigenvalue weighted by atomic mass is 9.86. The summed E-state index contributed by atoms with van der Waals surface area (Å²) in [6, 6.07) is 6.13. The van der Waals surface area contributed by atoms with Crippen molar-refractivity contribution < 1.29 is 28.5 Å². The van der Waals surface area contributed by atoms with Gasteiger partial charge in [-0.1, -0.05) is 38.3 Å². The van der Waals surface area contributed by atoms with Crippen LogP contribution < -0.4 is 9.47 Å². The molecule has 2 aliphatic carbocycles. The first-order valence-electron chi connectivity index (χ1n) is 11.4. The fraction of sp³-hybridized carbons (Fsp3) is 0.407. The number of ether oxygens (including phenoxy) is 4. The number of hydrogen-bond acceptors (Lipinski definition) is 6. The number of carbonyl (C=O) groups excluding carboxylic acids is 2. The molecule has 0 aliphatic heterocycles. The second kappa shape index (κ2) is 9.69. The Kier molecular flexibility index (Phi) is 6.72. The lowest BCUT2D eigenvalue weighted by Gasteiger charge is -2.26. The van der Waals surface area contributed by atoms with Gasteiger partial charge >= 0.3 is 11.9 Å². The van der Waals surface area contributed by atoms with E-state index in [2.05, 4.69) is 39.1 Å². The second-order valence-electron chi connectivity index (χ2n) is 8.57. The molecule has 0 amide bonds. The Hall–Kier alpha value is -3.28. The van der Waals surface area contributed by atoms with Crippen LogP contribution in [0.5, 0.6) is 11.5 Å². The number of fused-ring (bicyclic) bond motifs is 6. The predicted molar refractivity (Wildman–Crippen MR) is 126 cm³/mol. The molecule has 3 unspecified atom stereocenters. The third kappa shape index (κ3) is 4.22. The number of carbonyl (C=O) groups is 2. The summed E-state index contributed by atoms with van der Waals surface area (Å²) in [5.41, 5.74) is 3.52. The monoisotopic (exact) mass is 450 g/mol. The summed E-state index contributed by atoms with van der Waals surface area (Å²) in [5, 5.41) is 2.01. The van der Waals surface area contributed by atoms with Crippen LogP contribution in [0, 0.1) is 12.8 Å². The number of aryl methyl sites for hydroxylation is 1. The van der Waals surface area contributed by atoms with Gasteiger partial charge in [0.05, 0.1) is 0 Å². The summed E-state index contributed by atoms with van der Waals surface area (Å²) in [4.78, 5) is 22.8. The Balaban J connectivity index is 1.72. The first kappa shape index (κ1) is 22.9. The van der Waals surface area contributed by atoms with Crippen LogP contribution in [0.4, 0.5) is 0 Å². The molecule has 0 N–H and O–H groups in total. The van der Waals surface area contributed by atoms with Crippen molar-refractivity contribution in [3.63, 3.8) is 0 Å². The van der Waals surface area contributed by atoms with Gasteiger partial charge < -0.3 is 18.9 Å². The smallest absolute Gasteiger partial charge is 0.330 e. The largest absolute Gasteiger partial charge is 0.489 e. The molecule has 0 spiro atoms. The van der Waals surface area contributed by atoms with Crippen LogP contribution in [-0.4, -0.2) is 38.4 Å². The molecule has 0 radical (unpaired) electrons. The van der Waals surface area contributed by atoms with Gasteiger partial charge in [0.15, 0.2) is 0 Å². The van der Waals surface area contributed by atoms with Gasteiger partial charge in [-0.05, 0) is 43.1 Å². The molecule has 0 heterocycles. The lowest BCUT2D eigenvalue weighted by Crippen LogP contribution is -2.15. The molecule has 6 heteroatoms. The third-order valence-corrected chi connectivity index (χ3v) is 6.80. The van der Waals surface area contributed by atoms with Gasteiger partial charge in [0.2, 0.25) is 0 Å². The Labute approximate surface area is 194 Å². The van der Waals surface area contributed by atoms with E-state index in [0.717, 1.165) is 52.8 Å². The van der Waals surface area contributed by atoms with Crippen LogP contribution in [0.15, 0.2) is 43.5 Å². The van der Waals surface area contributed by atoms with E-state index in [9.17, 15) is 9.59 Å². The zero-order valence-electron chi connectivity index (χ0n) is 19.2.